The van der Waals surface area contributed by atoms with Crippen LogP contribution in [0.4, 0.5) is 4.39 Å². The smallest absolute Gasteiger partial charge is 0.169 e. The zero-order valence-electron chi connectivity index (χ0n) is 11.3. The lowest BCUT2D eigenvalue weighted by Gasteiger charge is -2.21. The van der Waals surface area contributed by atoms with Gasteiger partial charge < -0.3 is 10.2 Å². The maximum Gasteiger partial charge on any atom is 0.169 e. The highest BCUT2D eigenvalue weighted by molar-refractivity contribution is 7.80. The first-order valence-corrected chi connectivity index (χ1v) is 6.84. The zero-order chi connectivity index (χ0) is 14.4. The minimum absolute atomic E-state index is 0.204. The summed E-state index contributed by atoms with van der Waals surface area (Å²) in [6.45, 7) is 1.12. The van der Waals surface area contributed by atoms with Gasteiger partial charge in [0, 0.05) is 25.7 Å². The Morgan fingerprint density at radius 3 is 2.45 bits per heavy atom. The fourth-order valence-corrected chi connectivity index (χ4v) is 2.00. The monoisotopic (exact) mass is 288 g/mol. The van der Waals surface area contributed by atoms with Crippen LogP contribution in [0.1, 0.15) is 11.1 Å². The Hall–Kier alpha value is -1.94. The van der Waals surface area contributed by atoms with Crippen molar-refractivity contribution in [2.45, 2.75) is 13.1 Å². The number of hydrogen-bond donors (Lipinski definition) is 1. The minimum atomic E-state index is -0.204. The van der Waals surface area contributed by atoms with E-state index in [9.17, 15) is 4.39 Å². The summed E-state index contributed by atoms with van der Waals surface area (Å²) in [4.78, 5) is 1.83. The maximum absolute atomic E-state index is 13.6. The average molecular weight is 288 g/mol. The van der Waals surface area contributed by atoms with Gasteiger partial charge in [0.15, 0.2) is 5.11 Å². The molecule has 2 aromatic rings. The fourth-order valence-electron chi connectivity index (χ4n) is 1.86. The molecule has 0 aliphatic carbocycles. The van der Waals surface area contributed by atoms with Crippen LogP contribution in [0, 0.1) is 5.82 Å². The van der Waals surface area contributed by atoms with Gasteiger partial charge in [-0.1, -0.05) is 48.5 Å². The lowest BCUT2D eigenvalue weighted by molar-refractivity contribution is 0.470. The van der Waals surface area contributed by atoms with Gasteiger partial charge in [-0.3, -0.25) is 0 Å². The second-order valence-corrected chi connectivity index (χ2v) is 4.98. The Balaban J connectivity index is 1.88. The third-order valence-electron chi connectivity index (χ3n) is 3.00. The van der Waals surface area contributed by atoms with Crippen molar-refractivity contribution in [3.05, 3.63) is 71.5 Å². The van der Waals surface area contributed by atoms with Crippen LogP contribution in [-0.2, 0) is 13.1 Å². The SMILES string of the molecule is CN(Cc1ccccc1F)C(=S)NCc1ccccc1. The largest absolute Gasteiger partial charge is 0.358 e. The quantitative estimate of drug-likeness (QED) is 0.869. The molecule has 0 unspecified atom stereocenters. The molecule has 0 radical (unpaired) electrons. The Bertz CT molecular complexity index is 572. The molecular formula is C16H17FN2S. The highest BCUT2D eigenvalue weighted by atomic mass is 32.1. The van der Waals surface area contributed by atoms with Crippen molar-refractivity contribution in [2.24, 2.45) is 0 Å². The fraction of sp³-hybridized carbons (Fsp3) is 0.188. The summed E-state index contributed by atoms with van der Waals surface area (Å²) in [5.74, 6) is -0.204. The lowest BCUT2D eigenvalue weighted by Crippen LogP contribution is -2.36. The molecule has 20 heavy (non-hydrogen) atoms. The van der Waals surface area contributed by atoms with Crippen LogP contribution in [0.2, 0.25) is 0 Å². The lowest BCUT2D eigenvalue weighted by atomic mass is 10.2. The summed E-state index contributed by atoms with van der Waals surface area (Å²) in [6, 6.07) is 16.8. The highest BCUT2D eigenvalue weighted by Gasteiger charge is 2.07. The third-order valence-corrected chi connectivity index (χ3v) is 3.45. The molecule has 4 heteroatoms. The Morgan fingerprint density at radius 2 is 1.75 bits per heavy atom. The van der Waals surface area contributed by atoms with Crippen molar-refractivity contribution in [3.8, 4) is 0 Å². The molecule has 0 saturated carbocycles. The minimum Gasteiger partial charge on any atom is -0.358 e. The summed E-state index contributed by atoms with van der Waals surface area (Å²) in [7, 11) is 1.85. The third kappa shape index (κ3) is 4.03. The van der Waals surface area contributed by atoms with Gasteiger partial charge in [-0.2, -0.15) is 0 Å². The maximum atomic E-state index is 13.6. The van der Waals surface area contributed by atoms with Gasteiger partial charge in [-0.15, -0.1) is 0 Å². The molecular weight excluding hydrogens is 271 g/mol. The van der Waals surface area contributed by atoms with E-state index in [-0.39, 0.29) is 5.82 Å². The van der Waals surface area contributed by atoms with Crippen LogP contribution < -0.4 is 5.32 Å². The molecule has 0 fully saturated rings. The molecule has 0 aromatic heterocycles. The molecule has 0 atom stereocenters. The molecule has 0 amide bonds. The average Bonchev–Trinajstić information content (AvgIpc) is 2.48. The van der Waals surface area contributed by atoms with Crippen molar-refractivity contribution in [1.29, 1.82) is 0 Å². The van der Waals surface area contributed by atoms with E-state index >= 15 is 0 Å². The Kier molecular flexibility index (Phi) is 5.07. The van der Waals surface area contributed by atoms with Crippen molar-refractivity contribution in [2.75, 3.05) is 7.05 Å². The van der Waals surface area contributed by atoms with Crippen molar-refractivity contribution < 1.29 is 4.39 Å². The van der Waals surface area contributed by atoms with E-state index in [1.807, 2.05) is 48.3 Å². The number of nitrogens with zero attached hydrogens (tertiary/aromatic N) is 1. The topological polar surface area (TPSA) is 15.3 Å². The normalized spacial score (nSPS) is 10.1. The van der Waals surface area contributed by atoms with Crippen LogP contribution >= 0.6 is 12.2 Å². The summed E-state index contributed by atoms with van der Waals surface area (Å²) in [5, 5.41) is 3.78. The molecule has 0 aliphatic rings. The van der Waals surface area contributed by atoms with Crippen LogP contribution in [0.15, 0.2) is 54.6 Å². The van der Waals surface area contributed by atoms with Crippen LogP contribution in [0.3, 0.4) is 0 Å². The molecule has 2 aromatic carbocycles. The predicted molar refractivity (Wildman–Crippen MR) is 83.7 cm³/mol. The van der Waals surface area contributed by atoms with Gasteiger partial charge in [0.25, 0.3) is 0 Å². The van der Waals surface area contributed by atoms with Crippen molar-refractivity contribution in [1.82, 2.24) is 10.2 Å². The van der Waals surface area contributed by atoms with Gasteiger partial charge in [-0.25, -0.2) is 4.39 Å². The molecule has 0 saturated heterocycles. The first kappa shape index (κ1) is 14.5. The van der Waals surface area contributed by atoms with E-state index in [0.29, 0.717) is 23.8 Å². The van der Waals surface area contributed by atoms with E-state index in [4.69, 9.17) is 12.2 Å². The zero-order valence-corrected chi connectivity index (χ0v) is 12.2. The van der Waals surface area contributed by atoms with E-state index in [0.717, 1.165) is 5.56 Å². The predicted octanol–water partition coefficient (Wildman–Crippen LogP) is 3.33. The first-order valence-electron chi connectivity index (χ1n) is 6.43. The van der Waals surface area contributed by atoms with E-state index in [2.05, 4.69) is 5.32 Å². The van der Waals surface area contributed by atoms with Crippen LogP contribution in [-0.4, -0.2) is 17.1 Å². The molecule has 2 nitrogen and oxygen atoms in total. The highest BCUT2D eigenvalue weighted by Crippen LogP contribution is 2.09. The van der Waals surface area contributed by atoms with Gasteiger partial charge in [0.2, 0.25) is 0 Å². The molecule has 0 aliphatic heterocycles. The van der Waals surface area contributed by atoms with Crippen LogP contribution in [0.25, 0.3) is 0 Å². The first-order chi connectivity index (χ1) is 9.66. The van der Waals surface area contributed by atoms with E-state index < -0.39 is 0 Å². The van der Waals surface area contributed by atoms with Gasteiger partial charge in [-0.05, 0) is 23.8 Å². The molecule has 0 heterocycles. The summed E-state index contributed by atoms with van der Waals surface area (Å²) in [6.07, 6.45) is 0. The van der Waals surface area contributed by atoms with Gasteiger partial charge in [0.1, 0.15) is 5.82 Å². The van der Waals surface area contributed by atoms with E-state index in [1.165, 1.54) is 6.07 Å². The molecule has 104 valence electrons. The number of rotatable bonds is 4. The molecule has 2 rings (SSSR count). The summed E-state index contributed by atoms with van der Waals surface area (Å²) in [5.41, 5.74) is 1.80. The van der Waals surface area contributed by atoms with Gasteiger partial charge in [0.05, 0.1) is 0 Å². The van der Waals surface area contributed by atoms with E-state index in [1.54, 1.807) is 12.1 Å². The number of benzene rings is 2. The number of nitrogens with one attached hydrogen (secondary N) is 1. The summed E-state index contributed by atoms with van der Waals surface area (Å²) < 4.78 is 13.6. The molecule has 0 spiro atoms. The second kappa shape index (κ2) is 7.01. The second-order valence-electron chi connectivity index (χ2n) is 4.59. The summed E-state index contributed by atoms with van der Waals surface area (Å²) >= 11 is 5.31. The molecule has 1 N–H and O–H groups in total. The Morgan fingerprint density at radius 1 is 1.10 bits per heavy atom. The van der Waals surface area contributed by atoms with Crippen LogP contribution in [0.5, 0.6) is 0 Å². The molecule has 0 bridgehead atoms. The van der Waals surface area contributed by atoms with Gasteiger partial charge >= 0.3 is 0 Å². The number of thiocarbonyl (C=S) groups is 1. The Labute approximate surface area is 124 Å². The number of halogens is 1. The standard InChI is InChI=1S/C16H17FN2S/c1-19(12-14-9-5-6-10-15(14)17)16(20)18-11-13-7-3-2-4-8-13/h2-10H,11-12H2,1H3,(H,18,20). The number of hydrogen-bond acceptors (Lipinski definition) is 1. The van der Waals surface area contributed by atoms with Crippen molar-refractivity contribution in [3.63, 3.8) is 0 Å². The van der Waals surface area contributed by atoms with Crippen molar-refractivity contribution >= 4 is 17.3 Å².